The Morgan fingerprint density at radius 1 is 1.03 bits per heavy atom. The fraction of sp³-hybridized carbons (Fsp3) is 0.238. The van der Waals surface area contributed by atoms with Gasteiger partial charge in [-0.2, -0.15) is 0 Å². The number of hydrogen-bond acceptors (Lipinski definition) is 6. The Labute approximate surface area is 186 Å². The molecule has 30 heavy (non-hydrogen) atoms. The first-order chi connectivity index (χ1) is 14.4. The van der Waals surface area contributed by atoms with E-state index in [9.17, 15) is 8.42 Å². The third-order valence-corrected chi connectivity index (χ3v) is 6.77. The standard InChI is InChI=1S/C21H23ClN4O2S2/c1-3-15(2)23-19-13-20(26-30(27,28)18-11-7-10-17(22)12-18)25-21(24-19)29-14-16-8-5-4-6-9-16/h4-13,15H,3,14H2,1-2H3,(H2,23,24,25,26)/t15-/m1/s1. The first-order valence-corrected chi connectivity index (χ1v) is 12.3. The van der Waals surface area contributed by atoms with Crippen molar-refractivity contribution >= 4 is 45.0 Å². The molecule has 9 heteroatoms. The molecule has 0 fully saturated rings. The van der Waals surface area contributed by atoms with Gasteiger partial charge < -0.3 is 5.32 Å². The third-order valence-electron chi connectivity index (χ3n) is 4.27. The van der Waals surface area contributed by atoms with Crippen LogP contribution in [0.15, 0.2) is 70.7 Å². The molecule has 3 aromatic rings. The lowest BCUT2D eigenvalue weighted by atomic mass is 10.2. The van der Waals surface area contributed by atoms with Crippen LogP contribution in [0.4, 0.5) is 11.6 Å². The summed E-state index contributed by atoms with van der Waals surface area (Å²) in [5.41, 5.74) is 1.13. The third kappa shape index (κ3) is 6.35. The van der Waals surface area contributed by atoms with Crippen molar-refractivity contribution in [2.75, 3.05) is 10.0 Å². The molecular formula is C21H23ClN4O2S2. The maximum absolute atomic E-state index is 12.8. The van der Waals surface area contributed by atoms with Crippen molar-refractivity contribution in [3.05, 3.63) is 71.2 Å². The van der Waals surface area contributed by atoms with Crippen molar-refractivity contribution < 1.29 is 8.42 Å². The van der Waals surface area contributed by atoms with Gasteiger partial charge in [-0.25, -0.2) is 18.4 Å². The van der Waals surface area contributed by atoms with Crippen LogP contribution >= 0.6 is 23.4 Å². The van der Waals surface area contributed by atoms with Gasteiger partial charge in [0.05, 0.1) is 4.90 Å². The zero-order chi connectivity index (χ0) is 21.6. The van der Waals surface area contributed by atoms with Gasteiger partial charge in [0, 0.05) is 22.9 Å². The summed E-state index contributed by atoms with van der Waals surface area (Å²) in [5.74, 6) is 1.44. The van der Waals surface area contributed by atoms with Gasteiger partial charge in [-0.3, -0.25) is 4.72 Å². The van der Waals surface area contributed by atoms with Crippen LogP contribution in [-0.2, 0) is 15.8 Å². The number of thioether (sulfide) groups is 1. The zero-order valence-electron chi connectivity index (χ0n) is 16.7. The number of nitrogens with zero attached hydrogens (tertiary/aromatic N) is 2. The summed E-state index contributed by atoms with van der Waals surface area (Å²) in [6.45, 7) is 4.10. The van der Waals surface area contributed by atoms with E-state index in [1.807, 2.05) is 37.3 Å². The molecule has 0 aliphatic carbocycles. The van der Waals surface area contributed by atoms with Crippen LogP contribution in [0.25, 0.3) is 0 Å². The molecule has 0 radical (unpaired) electrons. The predicted octanol–water partition coefficient (Wildman–Crippen LogP) is 5.43. The van der Waals surface area contributed by atoms with Gasteiger partial charge in [-0.15, -0.1) is 0 Å². The average molecular weight is 463 g/mol. The molecule has 158 valence electrons. The molecular weight excluding hydrogens is 440 g/mol. The predicted molar refractivity (Wildman–Crippen MR) is 124 cm³/mol. The molecule has 2 N–H and O–H groups in total. The molecule has 0 spiro atoms. The van der Waals surface area contributed by atoms with Crippen molar-refractivity contribution in [2.24, 2.45) is 0 Å². The highest BCUT2D eigenvalue weighted by molar-refractivity contribution is 7.98. The van der Waals surface area contributed by atoms with E-state index in [2.05, 4.69) is 26.9 Å². The van der Waals surface area contributed by atoms with Gasteiger partial charge in [-0.1, -0.05) is 66.7 Å². The highest BCUT2D eigenvalue weighted by Crippen LogP contribution is 2.25. The second kappa shape index (κ2) is 10.1. The summed E-state index contributed by atoms with van der Waals surface area (Å²) < 4.78 is 28.1. The van der Waals surface area contributed by atoms with E-state index >= 15 is 0 Å². The monoisotopic (exact) mass is 462 g/mol. The van der Waals surface area contributed by atoms with Crippen LogP contribution in [0, 0.1) is 0 Å². The van der Waals surface area contributed by atoms with Gasteiger partial charge in [0.25, 0.3) is 10.0 Å². The summed E-state index contributed by atoms with van der Waals surface area (Å²) in [6, 6.07) is 17.8. The molecule has 3 rings (SSSR count). The van der Waals surface area contributed by atoms with Crippen LogP contribution in [0.5, 0.6) is 0 Å². The van der Waals surface area contributed by atoms with Crippen LogP contribution < -0.4 is 10.0 Å². The minimum Gasteiger partial charge on any atom is -0.367 e. The highest BCUT2D eigenvalue weighted by Gasteiger charge is 2.17. The molecule has 0 saturated carbocycles. The highest BCUT2D eigenvalue weighted by atomic mass is 35.5. The van der Waals surface area contributed by atoms with Crippen molar-refractivity contribution in [1.82, 2.24) is 9.97 Å². The van der Waals surface area contributed by atoms with Crippen LogP contribution in [-0.4, -0.2) is 24.4 Å². The van der Waals surface area contributed by atoms with Gasteiger partial charge >= 0.3 is 0 Å². The summed E-state index contributed by atoms with van der Waals surface area (Å²) in [7, 11) is -3.83. The van der Waals surface area contributed by atoms with E-state index < -0.39 is 10.0 Å². The molecule has 1 heterocycles. The molecule has 0 aliphatic heterocycles. The molecule has 1 atom stereocenters. The van der Waals surface area contributed by atoms with Crippen molar-refractivity contribution in [1.29, 1.82) is 0 Å². The number of nitrogens with one attached hydrogen (secondary N) is 2. The molecule has 1 aromatic heterocycles. The summed E-state index contributed by atoms with van der Waals surface area (Å²) in [5, 5.41) is 4.11. The van der Waals surface area contributed by atoms with Gasteiger partial charge in [0.2, 0.25) is 0 Å². The van der Waals surface area contributed by atoms with E-state index in [4.69, 9.17) is 11.6 Å². The maximum atomic E-state index is 12.8. The molecule has 6 nitrogen and oxygen atoms in total. The fourth-order valence-corrected chi connectivity index (χ4v) is 4.63. The Hall–Kier alpha value is -2.29. The van der Waals surface area contributed by atoms with Crippen molar-refractivity contribution in [3.8, 4) is 0 Å². The van der Waals surface area contributed by atoms with E-state index in [0.717, 1.165) is 12.0 Å². The minimum atomic E-state index is -3.83. The molecule has 0 aliphatic rings. The molecule has 0 saturated heterocycles. The quantitative estimate of drug-likeness (QED) is 0.325. The second-order valence-electron chi connectivity index (χ2n) is 6.71. The van der Waals surface area contributed by atoms with Gasteiger partial charge in [0.15, 0.2) is 5.16 Å². The number of benzene rings is 2. The Morgan fingerprint density at radius 3 is 2.47 bits per heavy atom. The summed E-state index contributed by atoms with van der Waals surface area (Å²) >= 11 is 7.39. The number of halogens is 1. The number of aromatic nitrogens is 2. The van der Waals surface area contributed by atoms with E-state index in [-0.39, 0.29) is 16.8 Å². The van der Waals surface area contributed by atoms with Gasteiger partial charge in [0.1, 0.15) is 11.6 Å². The summed E-state index contributed by atoms with van der Waals surface area (Å²) in [6.07, 6.45) is 0.903. The van der Waals surface area contributed by atoms with Crippen LogP contribution in [0.3, 0.4) is 0 Å². The Morgan fingerprint density at radius 2 is 1.77 bits per heavy atom. The topological polar surface area (TPSA) is 84.0 Å². The van der Waals surface area contributed by atoms with Crippen molar-refractivity contribution in [3.63, 3.8) is 0 Å². The molecule has 0 amide bonds. The van der Waals surface area contributed by atoms with E-state index in [1.54, 1.807) is 18.2 Å². The molecule has 2 aromatic carbocycles. The smallest absolute Gasteiger partial charge is 0.263 e. The Balaban J connectivity index is 1.87. The number of sulfonamides is 1. The summed E-state index contributed by atoms with van der Waals surface area (Å²) in [4.78, 5) is 9.01. The lowest BCUT2D eigenvalue weighted by molar-refractivity contribution is 0.601. The first kappa shape index (κ1) is 22.4. The fourth-order valence-electron chi connectivity index (χ4n) is 2.52. The lowest BCUT2D eigenvalue weighted by Gasteiger charge is -2.15. The largest absolute Gasteiger partial charge is 0.367 e. The van der Waals surface area contributed by atoms with Gasteiger partial charge in [-0.05, 0) is 37.1 Å². The Kier molecular flexibility index (Phi) is 7.58. The zero-order valence-corrected chi connectivity index (χ0v) is 19.1. The SMILES string of the molecule is CC[C@@H](C)Nc1cc(NS(=O)(=O)c2cccc(Cl)c2)nc(SCc2ccccc2)n1. The minimum absolute atomic E-state index is 0.0727. The van der Waals surface area contributed by atoms with Crippen LogP contribution in [0.1, 0.15) is 25.8 Å². The number of rotatable bonds is 9. The van der Waals surface area contributed by atoms with E-state index in [1.165, 1.54) is 23.9 Å². The number of anilines is 2. The lowest BCUT2D eigenvalue weighted by Crippen LogP contribution is -2.17. The van der Waals surface area contributed by atoms with Crippen molar-refractivity contribution in [2.45, 2.75) is 42.1 Å². The van der Waals surface area contributed by atoms with E-state index in [0.29, 0.717) is 21.7 Å². The second-order valence-corrected chi connectivity index (χ2v) is 9.77. The Bertz CT molecular complexity index is 1100. The maximum Gasteiger partial charge on any atom is 0.263 e. The molecule has 0 bridgehead atoms. The average Bonchev–Trinajstić information content (AvgIpc) is 2.72. The molecule has 0 unspecified atom stereocenters. The normalized spacial score (nSPS) is 12.4. The van der Waals surface area contributed by atoms with Crippen LogP contribution in [0.2, 0.25) is 5.02 Å². The first-order valence-electron chi connectivity index (χ1n) is 9.46. The number of hydrogen-bond donors (Lipinski definition) is 2.